The summed E-state index contributed by atoms with van der Waals surface area (Å²) in [5.74, 6) is 0.823. The Bertz CT molecular complexity index is 413. The van der Waals surface area contributed by atoms with Crippen molar-refractivity contribution in [3.05, 3.63) is 5.01 Å². The fraction of sp³-hybridized carbons (Fsp3) is 0.867. The summed E-state index contributed by atoms with van der Waals surface area (Å²) in [5.41, 5.74) is 0.102. The van der Waals surface area contributed by atoms with Gasteiger partial charge in [0.25, 0.3) is 5.19 Å². The molecule has 5 heteroatoms. The summed E-state index contributed by atoms with van der Waals surface area (Å²) < 4.78 is 6.02. The molecular formula is C15H27N3OS. The topological polar surface area (TPSA) is 47.0 Å². The third-order valence-corrected chi connectivity index (χ3v) is 4.61. The molecule has 2 unspecified atom stereocenters. The summed E-state index contributed by atoms with van der Waals surface area (Å²) in [5, 5.41) is 13.5. The van der Waals surface area contributed by atoms with Gasteiger partial charge in [-0.2, -0.15) is 0 Å². The van der Waals surface area contributed by atoms with Gasteiger partial charge in [0.2, 0.25) is 0 Å². The van der Waals surface area contributed by atoms with Crippen LogP contribution in [0.4, 0.5) is 0 Å². The number of hydrogen-bond donors (Lipinski definition) is 1. The van der Waals surface area contributed by atoms with Gasteiger partial charge in [-0.1, -0.05) is 36.2 Å². The normalized spacial score (nSPS) is 23.8. The number of aromatic nitrogens is 2. The minimum absolute atomic E-state index is 0.102. The lowest BCUT2D eigenvalue weighted by Gasteiger charge is -2.27. The van der Waals surface area contributed by atoms with E-state index in [2.05, 4.69) is 43.2 Å². The monoisotopic (exact) mass is 297 g/mol. The van der Waals surface area contributed by atoms with E-state index in [1.807, 2.05) is 0 Å². The van der Waals surface area contributed by atoms with Gasteiger partial charge in [-0.05, 0) is 46.0 Å². The molecule has 0 aromatic carbocycles. The zero-order valence-electron chi connectivity index (χ0n) is 13.1. The molecule has 20 heavy (non-hydrogen) atoms. The lowest BCUT2D eigenvalue weighted by Crippen LogP contribution is -2.35. The highest BCUT2D eigenvalue weighted by molar-refractivity contribution is 7.13. The molecule has 4 nitrogen and oxygen atoms in total. The van der Waals surface area contributed by atoms with Crippen molar-refractivity contribution in [2.45, 2.75) is 78.0 Å². The highest BCUT2D eigenvalue weighted by Gasteiger charge is 2.23. The van der Waals surface area contributed by atoms with Crippen LogP contribution in [-0.4, -0.2) is 21.8 Å². The van der Waals surface area contributed by atoms with Crippen LogP contribution in [0.25, 0.3) is 0 Å². The van der Waals surface area contributed by atoms with Crippen LogP contribution >= 0.6 is 11.3 Å². The van der Waals surface area contributed by atoms with E-state index < -0.39 is 0 Å². The quantitative estimate of drug-likeness (QED) is 0.898. The van der Waals surface area contributed by atoms with Crippen molar-refractivity contribution in [1.29, 1.82) is 0 Å². The van der Waals surface area contributed by atoms with Gasteiger partial charge in [0.15, 0.2) is 0 Å². The summed E-state index contributed by atoms with van der Waals surface area (Å²) in [6.07, 6.45) is 6.56. The Hall–Kier alpha value is -0.680. The SMILES string of the molecule is CCC1CCCC(Oc2nnc(CNC(C)(C)C)s2)C1. The molecule has 0 bridgehead atoms. The maximum Gasteiger partial charge on any atom is 0.294 e. The standard InChI is InChI=1S/C15H27N3OS/c1-5-11-7-6-8-12(9-11)19-14-18-17-13(20-14)10-16-15(2,3)4/h11-12,16H,5-10H2,1-4H3. The fourth-order valence-corrected chi connectivity index (χ4v) is 3.25. The Morgan fingerprint density at radius 3 is 2.80 bits per heavy atom. The average molecular weight is 297 g/mol. The average Bonchev–Trinajstić information content (AvgIpc) is 2.83. The molecule has 0 saturated heterocycles. The Kier molecular flexibility index (Phi) is 5.38. The van der Waals surface area contributed by atoms with Crippen LogP contribution in [0.15, 0.2) is 0 Å². The highest BCUT2D eigenvalue weighted by atomic mass is 32.1. The second-order valence-electron chi connectivity index (χ2n) is 6.75. The molecule has 1 saturated carbocycles. The van der Waals surface area contributed by atoms with Gasteiger partial charge in [0.05, 0.1) is 6.54 Å². The van der Waals surface area contributed by atoms with Crippen molar-refractivity contribution >= 4 is 11.3 Å². The summed E-state index contributed by atoms with van der Waals surface area (Å²) in [6.45, 7) is 9.48. The molecule has 0 aliphatic heterocycles. The van der Waals surface area contributed by atoms with E-state index in [-0.39, 0.29) is 5.54 Å². The van der Waals surface area contributed by atoms with Crippen LogP contribution in [-0.2, 0) is 6.54 Å². The number of rotatable bonds is 5. The minimum atomic E-state index is 0.102. The van der Waals surface area contributed by atoms with Gasteiger partial charge in [0, 0.05) is 5.54 Å². The molecule has 0 amide bonds. The zero-order valence-corrected chi connectivity index (χ0v) is 13.9. The third-order valence-electron chi connectivity index (χ3n) is 3.80. The van der Waals surface area contributed by atoms with Crippen molar-refractivity contribution in [3.8, 4) is 5.19 Å². The fourth-order valence-electron chi connectivity index (χ4n) is 2.56. The van der Waals surface area contributed by atoms with Crippen molar-refractivity contribution in [2.24, 2.45) is 5.92 Å². The second kappa shape index (κ2) is 6.85. The first-order valence-corrected chi connectivity index (χ1v) is 8.52. The first-order chi connectivity index (χ1) is 9.46. The Morgan fingerprint density at radius 2 is 2.10 bits per heavy atom. The first kappa shape index (κ1) is 15.7. The van der Waals surface area contributed by atoms with E-state index in [9.17, 15) is 0 Å². The van der Waals surface area contributed by atoms with E-state index in [0.717, 1.165) is 29.1 Å². The van der Waals surface area contributed by atoms with Crippen LogP contribution in [0, 0.1) is 5.92 Å². The smallest absolute Gasteiger partial charge is 0.294 e. The predicted octanol–water partition coefficient (Wildman–Crippen LogP) is 3.77. The van der Waals surface area contributed by atoms with Gasteiger partial charge in [-0.25, -0.2) is 0 Å². The Morgan fingerprint density at radius 1 is 1.30 bits per heavy atom. The van der Waals surface area contributed by atoms with Gasteiger partial charge in [0.1, 0.15) is 11.1 Å². The second-order valence-corrected chi connectivity index (χ2v) is 7.77. The van der Waals surface area contributed by atoms with E-state index in [1.54, 1.807) is 11.3 Å². The summed E-state index contributed by atoms with van der Waals surface area (Å²) in [7, 11) is 0. The third kappa shape index (κ3) is 5.02. The van der Waals surface area contributed by atoms with Crippen molar-refractivity contribution < 1.29 is 4.74 Å². The molecule has 1 heterocycles. The number of ether oxygens (including phenoxy) is 1. The number of nitrogens with zero attached hydrogens (tertiary/aromatic N) is 2. The molecule has 1 aliphatic rings. The molecule has 1 fully saturated rings. The molecule has 1 aliphatic carbocycles. The zero-order chi connectivity index (χ0) is 14.6. The predicted molar refractivity (Wildman–Crippen MR) is 83.2 cm³/mol. The summed E-state index contributed by atoms with van der Waals surface area (Å²) in [4.78, 5) is 0. The van der Waals surface area contributed by atoms with Gasteiger partial charge in [-0.15, -0.1) is 5.10 Å². The van der Waals surface area contributed by atoms with Crippen molar-refractivity contribution in [2.75, 3.05) is 0 Å². The van der Waals surface area contributed by atoms with Gasteiger partial charge in [-0.3, -0.25) is 0 Å². The molecule has 0 spiro atoms. The van der Waals surface area contributed by atoms with Crippen LogP contribution in [0.1, 0.15) is 64.8 Å². The number of hydrogen-bond acceptors (Lipinski definition) is 5. The first-order valence-electron chi connectivity index (χ1n) is 7.70. The van der Waals surface area contributed by atoms with Gasteiger partial charge >= 0.3 is 0 Å². The highest BCUT2D eigenvalue weighted by Crippen LogP contribution is 2.30. The molecule has 1 N–H and O–H groups in total. The van der Waals surface area contributed by atoms with Crippen LogP contribution < -0.4 is 10.1 Å². The van der Waals surface area contributed by atoms with Crippen molar-refractivity contribution in [1.82, 2.24) is 15.5 Å². The molecule has 0 radical (unpaired) electrons. The Labute approximate surface area is 126 Å². The Balaban J connectivity index is 1.83. The minimum Gasteiger partial charge on any atom is -0.466 e. The molecule has 2 rings (SSSR count). The lowest BCUT2D eigenvalue weighted by molar-refractivity contribution is 0.121. The van der Waals surface area contributed by atoms with E-state index >= 15 is 0 Å². The molecular weight excluding hydrogens is 270 g/mol. The van der Waals surface area contributed by atoms with Crippen LogP contribution in [0.3, 0.4) is 0 Å². The van der Waals surface area contributed by atoms with Crippen molar-refractivity contribution in [3.63, 3.8) is 0 Å². The van der Waals surface area contributed by atoms with E-state index in [0.29, 0.717) is 6.10 Å². The van der Waals surface area contributed by atoms with Crippen LogP contribution in [0.5, 0.6) is 5.19 Å². The van der Waals surface area contributed by atoms with E-state index in [4.69, 9.17) is 4.74 Å². The maximum atomic E-state index is 6.02. The largest absolute Gasteiger partial charge is 0.466 e. The molecule has 1 aromatic heterocycles. The molecule has 1 aromatic rings. The number of nitrogens with one attached hydrogen (secondary N) is 1. The summed E-state index contributed by atoms with van der Waals surface area (Å²) >= 11 is 1.57. The van der Waals surface area contributed by atoms with E-state index in [1.165, 1.54) is 25.7 Å². The summed E-state index contributed by atoms with van der Waals surface area (Å²) in [6, 6.07) is 0. The lowest BCUT2D eigenvalue weighted by atomic mass is 9.86. The van der Waals surface area contributed by atoms with Crippen LogP contribution in [0.2, 0.25) is 0 Å². The molecule has 2 atom stereocenters. The molecule has 114 valence electrons. The van der Waals surface area contributed by atoms with Gasteiger partial charge < -0.3 is 10.1 Å². The maximum absolute atomic E-state index is 6.02.